The van der Waals surface area contributed by atoms with Crippen LogP contribution in [0.15, 0.2) is 6.07 Å². The molecule has 3 nitrogen and oxygen atoms in total. The van der Waals surface area contributed by atoms with E-state index in [0.29, 0.717) is 29.7 Å². The first-order chi connectivity index (χ1) is 7.11. The van der Waals surface area contributed by atoms with Crippen LogP contribution < -0.4 is 9.47 Å². The number of benzene rings is 1. The number of aliphatic hydroxyl groups excluding tert-OH is 1. The van der Waals surface area contributed by atoms with Gasteiger partial charge in [-0.15, -0.1) is 0 Å². The summed E-state index contributed by atoms with van der Waals surface area (Å²) in [6.45, 7) is 4.58. The smallest absolute Gasteiger partial charge is 0.167 e. The first kappa shape index (κ1) is 10.6. The van der Waals surface area contributed by atoms with Crippen LogP contribution in [0.3, 0.4) is 0 Å². The van der Waals surface area contributed by atoms with Crippen LogP contribution in [0.5, 0.6) is 11.5 Å². The number of hydrogen-bond acceptors (Lipinski definition) is 3. The Morgan fingerprint density at radius 1 is 1.40 bits per heavy atom. The van der Waals surface area contributed by atoms with Crippen molar-refractivity contribution in [2.45, 2.75) is 20.0 Å². The van der Waals surface area contributed by atoms with E-state index in [0.717, 1.165) is 11.1 Å². The third-order valence-electron chi connectivity index (χ3n) is 2.49. The maximum atomic E-state index is 9.69. The molecule has 0 saturated heterocycles. The SMILES string of the molecule is Cc1c(Cl)cc2c(c1C(C)O)OCCO2. The van der Waals surface area contributed by atoms with Gasteiger partial charge in [0.15, 0.2) is 11.5 Å². The third kappa shape index (κ3) is 1.77. The highest BCUT2D eigenvalue weighted by atomic mass is 35.5. The van der Waals surface area contributed by atoms with E-state index < -0.39 is 6.10 Å². The van der Waals surface area contributed by atoms with Crippen LogP contribution in [0.1, 0.15) is 24.2 Å². The summed E-state index contributed by atoms with van der Waals surface area (Å²) in [6.07, 6.45) is -0.612. The zero-order chi connectivity index (χ0) is 11.0. The van der Waals surface area contributed by atoms with Crippen LogP contribution >= 0.6 is 11.6 Å². The summed E-state index contributed by atoms with van der Waals surface area (Å²) in [5, 5.41) is 10.3. The van der Waals surface area contributed by atoms with Crippen molar-refractivity contribution >= 4 is 11.6 Å². The van der Waals surface area contributed by atoms with E-state index in [-0.39, 0.29) is 0 Å². The van der Waals surface area contributed by atoms with E-state index in [9.17, 15) is 5.11 Å². The van der Waals surface area contributed by atoms with Gasteiger partial charge >= 0.3 is 0 Å². The molecule has 1 aliphatic heterocycles. The maximum Gasteiger partial charge on any atom is 0.167 e. The zero-order valence-corrected chi connectivity index (χ0v) is 9.47. The van der Waals surface area contributed by atoms with E-state index in [4.69, 9.17) is 21.1 Å². The number of rotatable bonds is 1. The standard InChI is InChI=1S/C11H13ClO3/c1-6-8(12)5-9-11(10(6)7(2)13)15-4-3-14-9/h5,7,13H,3-4H2,1-2H3. The van der Waals surface area contributed by atoms with Crippen molar-refractivity contribution in [2.75, 3.05) is 13.2 Å². The molecule has 15 heavy (non-hydrogen) atoms. The molecule has 82 valence electrons. The summed E-state index contributed by atoms with van der Waals surface area (Å²) in [7, 11) is 0. The third-order valence-corrected chi connectivity index (χ3v) is 2.89. The average molecular weight is 229 g/mol. The molecule has 0 fully saturated rings. The first-order valence-electron chi connectivity index (χ1n) is 4.88. The van der Waals surface area contributed by atoms with Gasteiger partial charge in [0.25, 0.3) is 0 Å². The van der Waals surface area contributed by atoms with Crippen LogP contribution in [0, 0.1) is 6.92 Å². The Kier molecular flexibility index (Phi) is 2.76. The van der Waals surface area contributed by atoms with Gasteiger partial charge in [0.05, 0.1) is 6.10 Å². The van der Waals surface area contributed by atoms with Crippen molar-refractivity contribution in [3.05, 3.63) is 22.2 Å². The van der Waals surface area contributed by atoms with E-state index in [1.54, 1.807) is 13.0 Å². The lowest BCUT2D eigenvalue weighted by molar-refractivity contribution is 0.153. The quantitative estimate of drug-likeness (QED) is 0.803. The van der Waals surface area contributed by atoms with Gasteiger partial charge in [-0.3, -0.25) is 0 Å². The molecule has 0 aliphatic carbocycles. The van der Waals surface area contributed by atoms with E-state index >= 15 is 0 Å². The van der Waals surface area contributed by atoms with Crippen molar-refractivity contribution in [1.82, 2.24) is 0 Å². The highest BCUT2D eigenvalue weighted by Crippen LogP contribution is 2.42. The van der Waals surface area contributed by atoms with E-state index in [2.05, 4.69) is 0 Å². The summed E-state index contributed by atoms with van der Waals surface area (Å²) in [4.78, 5) is 0. The van der Waals surface area contributed by atoms with Crippen molar-refractivity contribution in [3.63, 3.8) is 0 Å². The summed E-state index contributed by atoms with van der Waals surface area (Å²) in [6, 6.07) is 1.73. The number of ether oxygens (including phenoxy) is 2. The number of aliphatic hydroxyl groups is 1. The second kappa shape index (κ2) is 3.91. The molecular weight excluding hydrogens is 216 g/mol. The van der Waals surface area contributed by atoms with Gasteiger partial charge in [0.2, 0.25) is 0 Å². The van der Waals surface area contributed by atoms with E-state index in [1.165, 1.54) is 0 Å². The first-order valence-corrected chi connectivity index (χ1v) is 5.25. The molecule has 0 bridgehead atoms. The molecule has 1 atom stereocenters. The van der Waals surface area contributed by atoms with E-state index in [1.807, 2.05) is 6.92 Å². The highest BCUT2D eigenvalue weighted by molar-refractivity contribution is 6.31. The lowest BCUT2D eigenvalue weighted by Crippen LogP contribution is -2.17. The Balaban J connectivity index is 2.63. The minimum atomic E-state index is -0.612. The lowest BCUT2D eigenvalue weighted by atomic mass is 10.0. The fraction of sp³-hybridized carbons (Fsp3) is 0.455. The molecule has 1 unspecified atom stereocenters. The van der Waals surface area contributed by atoms with Gasteiger partial charge in [0.1, 0.15) is 13.2 Å². The van der Waals surface area contributed by atoms with Gasteiger partial charge in [-0.2, -0.15) is 0 Å². The molecule has 1 aliphatic rings. The molecule has 1 aromatic rings. The fourth-order valence-corrected chi connectivity index (χ4v) is 1.98. The minimum Gasteiger partial charge on any atom is -0.486 e. The monoisotopic (exact) mass is 228 g/mol. The molecule has 1 N–H and O–H groups in total. The second-order valence-electron chi connectivity index (χ2n) is 3.60. The van der Waals surface area contributed by atoms with Crippen LogP contribution in [-0.4, -0.2) is 18.3 Å². The molecule has 0 aromatic heterocycles. The molecule has 0 amide bonds. The largest absolute Gasteiger partial charge is 0.486 e. The Morgan fingerprint density at radius 2 is 2.07 bits per heavy atom. The van der Waals surface area contributed by atoms with Crippen molar-refractivity contribution in [2.24, 2.45) is 0 Å². The normalized spacial score (nSPS) is 16.3. The predicted molar refractivity (Wildman–Crippen MR) is 57.8 cm³/mol. The molecule has 1 heterocycles. The van der Waals surface area contributed by atoms with Crippen LogP contribution in [0.25, 0.3) is 0 Å². The molecular formula is C11H13ClO3. The number of fused-ring (bicyclic) bond motifs is 1. The highest BCUT2D eigenvalue weighted by Gasteiger charge is 2.22. The molecule has 0 saturated carbocycles. The van der Waals surface area contributed by atoms with Gasteiger partial charge in [-0.05, 0) is 19.4 Å². The van der Waals surface area contributed by atoms with Gasteiger partial charge < -0.3 is 14.6 Å². The van der Waals surface area contributed by atoms with Crippen molar-refractivity contribution in [3.8, 4) is 11.5 Å². The topological polar surface area (TPSA) is 38.7 Å². The summed E-state index contributed by atoms with van der Waals surface area (Å²) in [5.41, 5.74) is 1.56. The zero-order valence-electron chi connectivity index (χ0n) is 8.71. The van der Waals surface area contributed by atoms with Crippen molar-refractivity contribution in [1.29, 1.82) is 0 Å². The maximum absolute atomic E-state index is 9.69. The summed E-state index contributed by atoms with van der Waals surface area (Å²) in [5.74, 6) is 1.24. The minimum absolute atomic E-state index is 0.508. The molecule has 0 radical (unpaired) electrons. The van der Waals surface area contributed by atoms with Gasteiger partial charge in [-0.25, -0.2) is 0 Å². The second-order valence-corrected chi connectivity index (χ2v) is 4.00. The Morgan fingerprint density at radius 3 is 2.73 bits per heavy atom. The van der Waals surface area contributed by atoms with Crippen LogP contribution in [0.4, 0.5) is 0 Å². The van der Waals surface area contributed by atoms with Gasteiger partial charge in [0, 0.05) is 16.7 Å². The number of halogens is 1. The average Bonchev–Trinajstić information content (AvgIpc) is 2.19. The lowest BCUT2D eigenvalue weighted by Gasteiger charge is -2.24. The van der Waals surface area contributed by atoms with Gasteiger partial charge in [-0.1, -0.05) is 11.6 Å². The number of hydrogen-bond donors (Lipinski definition) is 1. The molecule has 0 spiro atoms. The molecule has 2 rings (SSSR count). The summed E-state index contributed by atoms with van der Waals surface area (Å²) < 4.78 is 10.9. The van der Waals surface area contributed by atoms with Crippen LogP contribution in [0.2, 0.25) is 5.02 Å². The Labute approximate surface area is 93.6 Å². The molecule has 1 aromatic carbocycles. The summed E-state index contributed by atoms with van der Waals surface area (Å²) >= 11 is 6.05. The van der Waals surface area contributed by atoms with Crippen molar-refractivity contribution < 1.29 is 14.6 Å². The van der Waals surface area contributed by atoms with Crippen LogP contribution in [-0.2, 0) is 0 Å². The Bertz CT molecular complexity index is 388. The fourth-order valence-electron chi connectivity index (χ4n) is 1.78. The molecule has 4 heteroatoms. The Hall–Kier alpha value is -0.930. The predicted octanol–water partition coefficient (Wildman–Crippen LogP) is 2.47.